The van der Waals surface area contributed by atoms with Crippen molar-refractivity contribution in [3.8, 4) is 5.75 Å². The first-order valence-electron chi connectivity index (χ1n) is 26.8. The van der Waals surface area contributed by atoms with Crippen molar-refractivity contribution in [1.82, 2.24) is 26.6 Å². The second-order valence-electron chi connectivity index (χ2n) is 18.5. The number of thiol groups is 1. The minimum absolute atomic E-state index is 0.106. The standard InChI is InChI=1S/C44H72FN5O15S.C2H4O2.4C2H6/c1-41(2,15-20-62-44(7,66)46-8)50-38(55)31(49-35(53)27-63-43(5,6)17-21-61-42(3,4)16-19-59-9)12-10-11-18-47-34(52)25-48-37(54)30-22-28(26-60-40(45)58)13-14-32(30)64-36-24-29(51)23-33(65-36)39(56)57;1-2(3)4;4*1-2/h13-14,22,29,31,33,36,46,51,66H,10-12,15-21,23-27H2,1-9H3,(H,47,52)(H,48,54)(H,49,53)(H,50,55)(H,56,57);1H3,(H,3,4);4*1-2H3/t29?,31?,33?,36-,44?;;;;;/m1...../s1. The lowest BCUT2D eigenvalue weighted by Gasteiger charge is -2.31. The van der Waals surface area contributed by atoms with Gasteiger partial charge in [-0.25, -0.2) is 9.59 Å². The van der Waals surface area contributed by atoms with E-state index in [0.717, 1.165) is 6.92 Å². The first-order valence-corrected chi connectivity index (χ1v) is 27.3. The molecule has 1 fully saturated rings. The molecule has 1 aliphatic rings. The molecular formula is C54H100FN5O17S. The fraction of sp³-hybridized carbons (Fsp3) is 0.759. The van der Waals surface area contributed by atoms with Gasteiger partial charge in [-0.1, -0.05) is 61.5 Å². The van der Waals surface area contributed by atoms with E-state index in [4.69, 9.17) is 38.3 Å². The fourth-order valence-electron chi connectivity index (χ4n) is 6.23. The lowest BCUT2D eigenvalue weighted by molar-refractivity contribution is -0.195. The van der Waals surface area contributed by atoms with Crippen LogP contribution in [0.1, 0.15) is 178 Å². The first kappa shape index (κ1) is 79.8. The number of carboxylic acid groups (broad SMARTS) is 2. The van der Waals surface area contributed by atoms with Crippen molar-refractivity contribution in [2.75, 3.05) is 53.7 Å². The third-order valence-electron chi connectivity index (χ3n) is 10.5. The van der Waals surface area contributed by atoms with Gasteiger partial charge < -0.3 is 69.7 Å². The SMILES string of the molecule is CC.CC.CC.CC.CC(=O)O.CNC(C)(S)OCCC(C)(C)NC(=O)C(CCCCNC(=O)CNC(=O)c1cc(COC(=O)F)ccc1O[C@H]1CC(O)CC(C(=O)O)O1)NC(=O)COC(C)(C)CCOC(C)(C)CCOC. The second kappa shape index (κ2) is 44.1. The molecule has 5 atom stereocenters. The van der Waals surface area contributed by atoms with Gasteiger partial charge in [0.2, 0.25) is 24.0 Å². The molecule has 2 rings (SSSR count). The quantitative estimate of drug-likeness (QED) is 0.0151. The van der Waals surface area contributed by atoms with Crippen LogP contribution in [-0.2, 0) is 59.0 Å². The highest BCUT2D eigenvalue weighted by Crippen LogP contribution is 2.28. The van der Waals surface area contributed by atoms with E-state index in [-0.39, 0.29) is 55.9 Å². The molecule has 1 aromatic rings. The molecule has 22 nitrogen and oxygen atoms in total. The average Bonchev–Trinajstić information content (AvgIpc) is 3.37. The molecule has 1 heterocycles. The van der Waals surface area contributed by atoms with Gasteiger partial charge >= 0.3 is 12.2 Å². The number of rotatable bonds is 31. The highest BCUT2D eigenvalue weighted by atomic mass is 32.1. The molecular weight excluding hydrogens is 1040 g/mol. The zero-order valence-electron chi connectivity index (χ0n) is 50.0. The molecule has 78 heavy (non-hydrogen) atoms. The Balaban J connectivity index is -0.00000210. The van der Waals surface area contributed by atoms with Crippen LogP contribution in [0.3, 0.4) is 0 Å². The Hall–Kier alpha value is -4.69. The van der Waals surface area contributed by atoms with Gasteiger partial charge in [0.25, 0.3) is 11.9 Å². The van der Waals surface area contributed by atoms with E-state index in [9.17, 15) is 43.4 Å². The molecule has 0 aromatic heterocycles. The van der Waals surface area contributed by atoms with E-state index >= 15 is 0 Å². The molecule has 0 radical (unpaired) electrons. The van der Waals surface area contributed by atoms with Gasteiger partial charge in [0.1, 0.15) is 25.0 Å². The second-order valence-corrected chi connectivity index (χ2v) is 19.4. The van der Waals surface area contributed by atoms with Crippen molar-refractivity contribution in [2.24, 2.45) is 0 Å². The molecule has 1 saturated heterocycles. The number of carbonyl (C=O) groups excluding carboxylic acids is 5. The molecule has 8 N–H and O–H groups in total. The molecule has 24 heteroatoms. The van der Waals surface area contributed by atoms with E-state index in [0.29, 0.717) is 45.3 Å². The molecule has 0 aliphatic carbocycles. The number of benzene rings is 1. The topological polar surface area (TPSA) is 305 Å². The van der Waals surface area contributed by atoms with Crippen LogP contribution in [0.5, 0.6) is 5.75 Å². The van der Waals surface area contributed by atoms with Crippen molar-refractivity contribution in [3.63, 3.8) is 0 Å². The summed E-state index contributed by atoms with van der Waals surface area (Å²) in [6.45, 7) is 30.2. The molecule has 1 aromatic carbocycles. The number of hydrogen-bond donors (Lipinski definition) is 9. The van der Waals surface area contributed by atoms with Crippen molar-refractivity contribution in [3.05, 3.63) is 29.3 Å². The number of carboxylic acids is 2. The summed E-state index contributed by atoms with van der Waals surface area (Å²) in [6, 6.07) is 2.95. The van der Waals surface area contributed by atoms with Gasteiger partial charge in [0, 0.05) is 45.6 Å². The van der Waals surface area contributed by atoms with Crippen LogP contribution in [0.4, 0.5) is 9.18 Å². The van der Waals surface area contributed by atoms with Gasteiger partial charge in [0.05, 0.1) is 42.6 Å². The number of amides is 4. The van der Waals surface area contributed by atoms with Gasteiger partial charge in [-0.3, -0.25) is 29.3 Å². The number of halogens is 1. The monoisotopic (exact) mass is 1140 g/mol. The molecule has 4 unspecified atom stereocenters. The van der Waals surface area contributed by atoms with Crippen molar-refractivity contribution >= 4 is 54.4 Å². The van der Waals surface area contributed by atoms with Crippen LogP contribution in [0.25, 0.3) is 0 Å². The maximum absolute atomic E-state index is 13.7. The maximum Gasteiger partial charge on any atom is 0.495 e. The number of aliphatic hydroxyl groups is 1. The summed E-state index contributed by atoms with van der Waals surface area (Å²) in [7, 11) is 3.34. The van der Waals surface area contributed by atoms with Gasteiger partial charge in [0.15, 0.2) is 11.2 Å². The zero-order valence-corrected chi connectivity index (χ0v) is 50.9. The van der Waals surface area contributed by atoms with Crippen LogP contribution in [0.2, 0.25) is 0 Å². The van der Waals surface area contributed by atoms with Gasteiger partial charge in [-0.2, -0.15) is 0 Å². The molecule has 0 saturated carbocycles. The van der Waals surface area contributed by atoms with E-state index in [2.05, 4.69) is 43.9 Å². The number of hydrogen-bond acceptors (Lipinski definition) is 17. The normalized spacial score (nSPS) is 15.9. The Morgan fingerprint density at radius 3 is 1.91 bits per heavy atom. The summed E-state index contributed by atoms with van der Waals surface area (Å²) in [5.74, 6) is -4.55. The number of unbranched alkanes of at least 4 members (excludes halogenated alkanes) is 1. The van der Waals surface area contributed by atoms with Gasteiger partial charge in [-0.15, -0.1) is 17.0 Å². The number of aliphatic hydroxyl groups excluding tert-OH is 1. The Bertz CT molecular complexity index is 1850. The number of aliphatic carboxylic acids is 2. The lowest BCUT2D eigenvalue weighted by atomic mass is 9.99. The molecule has 1 aliphatic heterocycles. The lowest BCUT2D eigenvalue weighted by Crippen LogP contribution is -2.54. The summed E-state index contributed by atoms with van der Waals surface area (Å²) in [5.41, 5.74) is -1.82. The minimum Gasteiger partial charge on any atom is -0.481 e. The Morgan fingerprint density at radius 1 is 0.795 bits per heavy atom. The highest BCUT2D eigenvalue weighted by molar-refractivity contribution is 7.81. The number of ether oxygens (including phenoxy) is 7. The third kappa shape index (κ3) is 40.5. The third-order valence-corrected chi connectivity index (χ3v) is 10.8. The molecule has 0 bridgehead atoms. The van der Waals surface area contributed by atoms with E-state index in [1.54, 1.807) is 21.1 Å². The number of carbonyl (C=O) groups is 7. The Morgan fingerprint density at radius 2 is 1.36 bits per heavy atom. The summed E-state index contributed by atoms with van der Waals surface area (Å²) in [6.07, 6.45) is -3.34. The van der Waals surface area contributed by atoms with E-state index in [1.807, 2.05) is 96.9 Å². The minimum atomic E-state index is -2.04. The maximum atomic E-state index is 13.7. The zero-order chi connectivity index (χ0) is 61.3. The van der Waals surface area contributed by atoms with Crippen molar-refractivity contribution in [1.29, 1.82) is 0 Å². The van der Waals surface area contributed by atoms with Crippen LogP contribution < -0.4 is 31.3 Å². The number of nitrogens with one attached hydrogen (secondary N) is 5. The average molecular weight is 1140 g/mol. The summed E-state index contributed by atoms with van der Waals surface area (Å²) in [4.78, 5) is 84.3. The highest BCUT2D eigenvalue weighted by Gasteiger charge is 2.35. The summed E-state index contributed by atoms with van der Waals surface area (Å²) < 4.78 is 51.2. The Kier molecular flexibility index (Phi) is 45.1. The smallest absolute Gasteiger partial charge is 0.481 e. The molecule has 0 spiro atoms. The number of methoxy groups -OCH3 is 1. The molecule has 4 amide bonds. The summed E-state index contributed by atoms with van der Waals surface area (Å²) >= 11 is 4.40. The fourth-order valence-corrected chi connectivity index (χ4v) is 6.33. The van der Waals surface area contributed by atoms with Crippen LogP contribution >= 0.6 is 12.6 Å². The predicted octanol–water partition coefficient (Wildman–Crippen LogP) is 7.46. The van der Waals surface area contributed by atoms with Crippen LogP contribution in [-0.4, -0.2) is 157 Å². The van der Waals surface area contributed by atoms with E-state index in [1.165, 1.54) is 18.2 Å². The van der Waals surface area contributed by atoms with Crippen LogP contribution in [0, 0.1) is 0 Å². The molecule has 456 valence electrons. The van der Waals surface area contributed by atoms with Gasteiger partial charge in [-0.05, 0) is 112 Å². The van der Waals surface area contributed by atoms with Crippen molar-refractivity contribution < 1.29 is 86.4 Å². The largest absolute Gasteiger partial charge is 0.495 e. The Labute approximate surface area is 469 Å². The first-order chi connectivity index (χ1) is 36.5. The van der Waals surface area contributed by atoms with Crippen LogP contribution in [0.15, 0.2) is 18.2 Å². The van der Waals surface area contributed by atoms with Crippen molar-refractivity contribution in [2.45, 2.75) is 215 Å². The predicted molar refractivity (Wildman–Crippen MR) is 300 cm³/mol. The summed E-state index contributed by atoms with van der Waals surface area (Å²) in [5, 5.41) is 40.0. The van der Waals surface area contributed by atoms with E-state index < -0.39 is 101 Å².